The Labute approximate surface area is 210 Å². The Kier molecular flexibility index (Phi) is 9.23. The normalized spacial score (nSPS) is 10.1. The molecule has 36 heavy (non-hydrogen) atoms. The van der Waals surface area contributed by atoms with Gasteiger partial charge in [0.1, 0.15) is 11.5 Å². The minimum atomic E-state index is -0.816. The fourth-order valence-corrected chi connectivity index (χ4v) is 3.58. The molecule has 0 spiro atoms. The lowest BCUT2D eigenvalue weighted by Gasteiger charge is -2.05. The first-order valence-corrected chi connectivity index (χ1v) is 11.3. The third-order valence-electron chi connectivity index (χ3n) is 5.42. The molecule has 184 valence electrons. The maximum atomic E-state index is 10.6. The number of carbonyl (C=O) groups is 2. The first-order chi connectivity index (χ1) is 17.4. The van der Waals surface area contributed by atoms with Gasteiger partial charge in [-0.2, -0.15) is 0 Å². The SMILES string of the molecule is COc1cccc(-c2ccc(CC(=O)O)cc2)c1.COc1cccc(-c2ccc(CC(=O)O)cc2)c1. The maximum Gasteiger partial charge on any atom is 0.307 e. The summed E-state index contributed by atoms with van der Waals surface area (Å²) < 4.78 is 10.3. The van der Waals surface area contributed by atoms with E-state index >= 15 is 0 Å². The number of carboxylic acids is 2. The highest BCUT2D eigenvalue weighted by Gasteiger charge is 2.04. The van der Waals surface area contributed by atoms with Crippen molar-refractivity contribution in [1.29, 1.82) is 0 Å². The number of benzene rings is 4. The molecule has 0 bridgehead atoms. The summed E-state index contributed by atoms with van der Waals surface area (Å²) in [7, 11) is 3.27. The van der Waals surface area contributed by atoms with Gasteiger partial charge in [-0.15, -0.1) is 0 Å². The molecule has 4 aromatic rings. The second kappa shape index (κ2) is 12.8. The molecule has 0 fully saturated rings. The molecule has 0 saturated carbocycles. The molecule has 0 aliphatic carbocycles. The summed E-state index contributed by atoms with van der Waals surface area (Å²) in [5.41, 5.74) is 5.79. The van der Waals surface area contributed by atoms with Crippen molar-refractivity contribution < 1.29 is 29.3 Å². The number of ether oxygens (including phenoxy) is 2. The van der Waals surface area contributed by atoms with Gasteiger partial charge in [0.05, 0.1) is 27.1 Å². The lowest BCUT2D eigenvalue weighted by atomic mass is 10.0. The van der Waals surface area contributed by atoms with Gasteiger partial charge in [0.2, 0.25) is 0 Å². The van der Waals surface area contributed by atoms with Crippen molar-refractivity contribution in [3.8, 4) is 33.8 Å². The van der Waals surface area contributed by atoms with E-state index in [2.05, 4.69) is 0 Å². The molecule has 0 heterocycles. The molecule has 6 nitrogen and oxygen atoms in total. The molecule has 0 atom stereocenters. The van der Waals surface area contributed by atoms with E-state index in [0.717, 1.165) is 44.9 Å². The van der Waals surface area contributed by atoms with Crippen LogP contribution in [0.1, 0.15) is 11.1 Å². The zero-order valence-electron chi connectivity index (χ0n) is 20.2. The Morgan fingerprint density at radius 2 is 0.917 bits per heavy atom. The zero-order chi connectivity index (χ0) is 25.9. The van der Waals surface area contributed by atoms with Crippen LogP contribution in [0.15, 0.2) is 97.1 Å². The average Bonchev–Trinajstić information content (AvgIpc) is 2.89. The zero-order valence-corrected chi connectivity index (χ0v) is 20.2. The molecule has 0 saturated heterocycles. The number of hydrogen-bond donors (Lipinski definition) is 2. The summed E-state index contributed by atoms with van der Waals surface area (Å²) in [6.07, 6.45) is 0.108. The quantitative estimate of drug-likeness (QED) is 0.320. The summed E-state index contributed by atoms with van der Waals surface area (Å²) in [4.78, 5) is 21.2. The molecule has 4 rings (SSSR count). The second-order valence-electron chi connectivity index (χ2n) is 8.00. The van der Waals surface area contributed by atoms with Crippen LogP contribution in [0.2, 0.25) is 0 Å². The molecule has 0 radical (unpaired) electrons. The monoisotopic (exact) mass is 484 g/mol. The Morgan fingerprint density at radius 1 is 0.556 bits per heavy atom. The molecule has 6 heteroatoms. The first-order valence-electron chi connectivity index (χ1n) is 11.3. The van der Waals surface area contributed by atoms with E-state index in [4.69, 9.17) is 19.7 Å². The van der Waals surface area contributed by atoms with E-state index in [1.165, 1.54) is 0 Å². The largest absolute Gasteiger partial charge is 0.497 e. The number of methoxy groups -OCH3 is 2. The van der Waals surface area contributed by atoms with Crippen molar-refractivity contribution in [2.75, 3.05) is 14.2 Å². The molecule has 0 aliphatic rings. The third-order valence-corrected chi connectivity index (χ3v) is 5.42. The van der Waals surface area contributed by atoms with Crippen LogP contribution in [-0.2, 0) is 22.4 Å². The van der Waals surface area contributed by atoms with Crippen LogP contribution >= 0.6 is 0 Å². The Bertz CT molecular complexity index is 1190. The van der Waals surface area contributed by atoms with Crippen molar-refractivity contribution in [3.63, 3.8) is 0 Å². The van der Waals surface area contributed by atoms with Gasteiger partial charge in [0.25, 0.3) is 0 Å². The summed E-state index contributed by atoms with van der Waals surface area (Å²) in [5, 5.41) is 17.4. The molecule has 0 aliphatic heterocycles. The lowest BCUT2D eigenvalue weighted by molar-refractivity contribution is -0.137. The molecule has 4 aromatic carbocycles. The fraction of sp³-hybridized carbons (Fsp3) is 0.133. The van der Waals surface area contributed by atoms with Crippen LogP contribution in [0.25, 0.3) is 22.3 Å². The summed E-state index contributed by atoms with van der Waals surface area (Å²) >= 11 is 0. The van der Waals surface area contributed by atoms with Crippen molar-refractivity contribution in [2.45, 2.75) is 12.8 Å². The van der Waals surface area contributed by atoms with E-state index in [9.17, 15) is 9.59 Å². The topological polar surface area (TPSA) is 93.1 Å². The number of aliphatic carboxylic acids is 2. The van der Waals surface area contributed by atoms with Crippen molar-refractivity contribution in [3.05, 3.63) is 108 Å². The second-order valence-corrected chi connectivity index (χ2v) is 8.00. The average molecular weight is 485 g/mol. The van der Waals surface area contributed by atoms with E-state index in [1.54, 1.807) is 14.2 Å². The molecular weight excluding hydrogens is 456 g/mol. The van der Waals surface area contributed by atoms with Crippen LogP contribution < -0.4 is 9.47 Å². The van der Waals surface area contributed by atoms with Gasteiger partial charge in [-0.1, -0.05) is 72.8 Å². The lowest BCUT2D eigenvalue weighted by Crippen LogP contribution is -1.99. The molecule has 2 N–H and O–H groups in total. The van der Waals surface area contributed by atoms with E-state index in [-0.39, 0.29) is 12.8 Å². The van der Waals surface area contributed by atoms with Crippen LogP contribution in [0.5, 0.6) is 11.5 Å². The highest BCUT2D eigenvalue weighted by molar-refractivity contribution is 5.72. The minimum absolute atomic E-state index is 0.0540. The van der Waals surface area contributed by atoms with Crippen LogP contribution in [-0.4, -0.2) is 36.4 Å². The highest BCUT2D eigenvalue weighted by Crippen LogP contribution is 2.25. The van der Waals surface area contributed by atoms with Gasteiger partial charge in [-0.25, -0.2) is 0 Å². The maximum absolute atomic E-state index is 10.6. The van der Waals surface area contributed by atoms with Gasteiger partial charge in [0, 0.05) is 0 Å². The number of carboxylic acid groups (broad SMARTS) is 2. The summed E-state index contributed by atoms with van der Waals surface area (Å²) in [6, 6.07) is 30.6. The van der Waals surface area contributed by atoms with Gasteiger partial charge >= 0.3 is 11.9 Å². The van der Waals surface area contributed by atoms with E-state index in [1.807, 2.05) is 97.1 Å². The van der Waals surface area contributed by atoms with Gasteiger partial charge in [-0.05, 0) is 57.6 Å². The third kappa shape index (κ3) is 7.74. The van der Waals surface area contributed by atoms with Crippen molar-refractivity contribution >= 4 is 11.9 Å². The molecule has 0 aromatic heterocycles. The Balaban J connectivity index is 0.000000201. The Hall–Kier alpha value is -4.58. The van der Waals surface area contributed by atoms with Crippen molar-refractivity contribution in [2.24, 2.45) is 0 Å². The van der Waals surface area contributed by atoms with Gasteiger partial charge in [0.15, 0.2) is 0 Å². The van der Waals surface area contributed by atoms with Gasteiger partial charge < -0.3 is 19.7 Å². The van der Waals surface area contributed by atoms with E-state index < -0.39 is 11.9 Å². The fourth-order valence-electron chi connectivity index (χ4n) is 3.58. The van der Waals surface area contributed by atoms with Crippen LogP contribution in [0.4, 0.5) is 0 Å². The predicted octanol–water partition coefficient (Wildman–Crippen LogP) is 5.98. The van der Waals surface area contributed by atoms with Crippen LogP contribution in [0, 0.1) is 0 Å². The highest BCUT2D eigenvalue weighted by atomic mass is 16.5. The molecule has 0 unspecified atom stereocenters. The van der Waals surface area contributed by atoms with Crippen molar-refractivity contribution in [1.82, 2.24) is 0 Å². The Morgan fingerprint density at radius 3 is 1.22 bits per heavy atom. The molecule has 0 amide bonds. The number of hydrogen-bond acceptors (Lipinski definition) is 4. The summed E-state index contributed by atoms with van der Waals surface area (Å²) in [5.74, 6) is -0.0162. The predicted molar refractivity (Wildman–Crippen MR) is 140 cm³/mol. The molecular formula is C30H28O6. The smallest absolute Gasteiger partial charge is 0.307 e. The van der Waals surface area contributed by atoms with E-state index in [0.29, 0.717) is 0 Å². The first kappa shape index (κ1) is 26.0. The minimum Gasteiger partial charge on any atom is -0.497 e. The summed E-state index contributed by atoms with van der Waals surface area (Å²) in [6.45, 7) is 0. The number of rotatable bonds is 8. The van der Waals surface area contributed by atoms with Crippen LogP contribution in [0.3, 0.4) is 0 Å². The van der Waals surface area contributed by atoms with Gasteiger partial charge in [-0.3, -0.25) is 9.59 Å². The standard InChI is InChI=1S/2C15H14O3/c2*1-18-14-4-2-3-13(10-14)12-7-5-11(6-8-12)9-15(16)17/h2*2-8,10H,9H2,1H3,(H,16,17).